The average Bonchev–Trinajstić information content (AvgIpc) is 2.78. The van der Waals surface area contributed by atoms with Crippen molar-refractivity contribution in [2.45, 2.75) is 6.92 Å². The van der Waals surface area contributed by atoms with Crippen LogP contribution in [-0.4, -0.2) is 9.78 Å². The summed E-state index contributed by atoms with van der Waals surface area (Å²) in [5.41, 5.74) is 10.9. The number of hydrogen-bond donors (Lipinski definition) is 1. The molecule has 106 valence electrons. The zero-order valence-corrected chi connectivity index (χ0v) is 12.7. The van der Waals surface area contributed by atoms with Gasteiger partial charge in [0.2, 0.25) is 0 Å². The molecular weight excluding hydrogens is 282 g/mol. The van der Waals surface area contributed by atoms with Gasteiger partial charge in [-0.3, -0.25) is 4.68 Å². The molecule has 0 aliphatic carbocycles. The van der Waals surface area contributed by atoms with Crippen molar-refractivity contribution in [1.29, 1.82) is 0 Å². The third-order valence-corrected chi connectivity index (χ3v) is 4.10. The number of nitrogens with zero attached hydrogens (tertiary/aromatic N) is 2. The average molecular weight is 298 g/mol. The molecule has 0 radical (unpaired) electrons. The van der Waals surface area contributed by atoms with Crippen molar-refractivity contribution >= 4 is 17.4 Å². The van der Waals surface area contributed by atoms with E-state index in [1.54, 1.807) is 4.68 Å². The second-order valence-electron chi connectivity index (χ2n) is 5.03. The molecule has 0 saturated carbocycles. The number of rotatable bonds is 2. The first kappa shape index (κ1) is 13.7. The van der Waals surface area contributed by atoms with E-state index in [-0.39, 0.29) is 0 Å². The van der Waals surface area contributed by atoms with Crippen molar-refractivity contribution in [3.63, 3.8) is 0 Å². The fourth-order valence-electron chi connectivity index (χ4n) is 2.45. The molecule has 3 nitrogen and oxygen atoms in total. The van der Waals surface area contributed by atoms with Gasteiger partial charge in [0.15, 0.2) is 0 Å². The molecule has 0 atom stereocenters. The van der Waals surface area contributed by atoms with Gasteiger partial charge < -0.3 is 5.73 Å². The predicted octanol–water partition coefficient (Wildman–Crippen LogP) is 4.30. The molecule has 3 rings (SSSR count). The molecule has 4 heteroatoms. The van der Waals surface area contributed by atoms with E-state index >= 15 is 0 Å². The highest BCUT2D eigenvalue weighted by Gasteiger charge is 2.19. The van der Waals surface area contributed by atoms with Crippen molar-refractivity contribution in [2.75, 3.05) is 5.73 Å². The summed E-state index contributed by atoms with van der Waals surface area (Å²) < 4.78 is 1.69. The van der Waals surface area contributed by atoms with Crippen molar-refractivity contribution in [3.8, 4) is 22.4 Å². The second kappa shape index (κ2) is 5.26. The fraction of sp³-hybridized carbons (Fsp3) is 0.118. The fourth-order valence-corrected chi connectivity index (χ4v) is 2.66. The summed E-state index contributed by atoms with van der Waals surface area (Å²) in [5.74, 6) is 0.633. The van der Waals surface area contributed by atoms with Crippen LogP contribution in [0.25, 0.3) is 22.4 Å². The monoisotopic (exact) mass is 297 g/mol. The van der Waals surface area contributed by atoms with Crippen molar-refractivity contribution in [3.05, 3.63) is 59.1 Å². The Morgan fingerprint density at radius 2 is 1.76 bits per heavy atom. The van der Waals surface area contributed by atoms with E-state index in [1.165, 1.54) is 0 Å². The van der Waals surface area contributed by atoms with Crippen molar-refractivity contribution < 1.29 is 0 Å². The maximum atomic E-state index is 6.46. The Kier molecular flexibility index (Phi) is 3.43. The van der Waals surface area contributed by atoms with E-state index in [1.807, 2.05) is 62.5 Å². The summed E-state index contributed by atoms with van der Waals surface area (Å²) in [5, 5.41) is 5.28. The Hall–Kier alpha value is -2.26. The number of hydrogen-bond acceptors (Lipinski definition) is 2. The Labute approximate surface area is 129 Å². The SMILES string of the molecule is Cc1cccc(-c2nn(C)c(N)c2-c2ccccc2)c1Cl. The van der Waals surface area contributed by atoms with Gasteiger partial charge in [-0.05, 0) is 18.1 Å². The Morgan fingerprint density at radius 1 is 1.05 bits per heavy atom. The van der Waals surface area contributed by atoms with Gasteiger partial charge in [-0.25, -0.2) is 0 Å². The van der Waals surface area contributed by atoms with Gasteiger partial charge in [0.1, 0.15) is 11.5 Å². The van der Waals surface area contributed by atoms with Gasteiger partial charge in [-0.2, -0.15) is 5.10 Å². The van der Waals surface area contributed by atoms with Crippen LogP contribution in [0.1, 0.15) is 5.56 Å². The number of benzene rings is 2. The van der Waals surface area contributed by atoms with E-state index in [4.69, 9.17) is 17.3 Å². The van der Waals surface area contributed by atoms with Crippen LogP contribution in [0.15, 0.2) is 48.5 Å². The maximum absolute atomic E-state index is 6.46. The highest BCUT2D eigenvalue weighted by atomic mass is 35.5. The first-order valence-electron chi connectivity index (χ1n) is 6.73. The smallest absolute Gasteiger partial charge is 0.129 e. The summed E-state index contributed by atoms with van der Waals surface area (Å²) in [7, 11) is 1.84. The molecule has 0 aliphatic rings. The lowest BCUT2D eigenvalue weighted by atomic mass is 10.00. The third kappa shape index (κ3) is 2.30. The predicted molar refractivity (Wildman–Crippen MR) is 88.2 cm³/mol. The quantitative estimate of drug-likeness (QED) is 0.766. The van der Waals surface area contributed by atoms with Crippen LogP contribution in [0, 0.1) is 6.92 Å². The number of nitrogens with two attached hydrogens (primary N) is 1. The van der Waals surface area contributed by atoms with Gasteiger partial charge >= 0.3 is 0 Å². The summed E-state index contributed by atoms with van der Waals surface area (Å²) in [6, 6.07) is 16.0. The minimum absolute atomic E-state index is 0.633. The zero-order valence-electron chi connectivity index (χ0n) is 12.0. The molecule has 0 unspecified atom stereocenters. The molecule has 2 N–H and O–H groups in total. The van der Waals surface area contributed by atoms with Gasteiger partial charge in [-0.1, -0.05) is 60.1 Å². The first-order valence-corrected chi connectivity index (χ1v) is 7.10. The van der Waals surface area contributed by atoms with Crippen LogP contribution in [-0.2, 0) is 7.05 Å². The number of anilines is 1. The first-order chi connectivity index (χ1) is 10.1. The number of halogens is 1. The molecule has 0 saturated heterocycles. The second-order valence-corrected chi connectivity index (χ2v) is 5.41. The number of aryl methyl sites for hydroxylation is 2. The molecule has 0 amide bonds. The highest BCUT2D eigenvalue weighted by molar-refractivity contribution is 6.34. The molecule has 21 heavy (non-hydrogen) atoms. The van der Waals surface area contributed by atoms with E-state index in [9.17, 15) is 0 Å². The van der Waals surface area contributed by atoms with Crippen molar-refractivity contribution in [2.24, 2.45) is 7.05 Å². The largest absolute Gasteiger partial charge is 0.383 e. The summed E-state index contributed by atoms with van der Waals surface area (Å²) in [4.78, 5) is 0. The summed E-state index contributed by atoms with van der Waals surface area (Å²) in [6.45, 7) is 1.99. The highest BCUT2D eigenvalue weighted by Crippen LogP contribution is 2.39. The lowest BCUT2D eigenvalue weighted by molar-refractivity contribution is 0.782. The molecule has 0 spiro atoms. The van der Waals surface area contributed by atoms with Crippen LogP contribution in [0.5, 0.6) is 0 Å². The number of nitrogen functional groups attached to an aromatic ring is 1. The Balaban J connectivity index is 2.30. The van der Waals surface area contributed by atoms with Crippen LogP contribution < -0.4 is 5.73 Å². The van der Waals surface area contributed by atoms with Gasteiger partial charge in [0.25, 0.3) is 0 Å². The molecule has 3 aromatic rings. The van der Waals surface area contributed by atoms with E-state index in [0.717, 1.165) is 27.9 Å². The molecule has 1 aromatic heterocycles. The van der Waals surface area contributed by atoms with Gasteiger partial charge in [-0.15, -0.1) is 0 Å². The molecule has 2 aromatic carbocycles. The van der Waals surface area contributed by atoms with Crippen LogP contribution >= 0.6 is 11.6 Å². The summed E-state index contributed by atoms with van der Waals surface area (Å²) >= 11 is 6.46. The lowest BCUT2D eigenvalue weighted by Crippen LogP contribution is -1.97. The standard InChI is InChI=1S/C17H16ClN3/c1-11-7-6-10-13(15(11)18)16-14(17(19)21(2)20-16)12-8-4-3-5-9-12/h3-10H,19H2,1-2H3. The van der Waals surface area contributed by atoms with Crippen molar-refractivity contribution in [1.82, 2.24) is 9.78 Å². The van der Waals surface area contributed by atoms with E-state index in [2.05, 4.69) is 5.10 Å². The van der Waals surface area contributed by atoms with Gasteiger partial charge in [0.05, 0.1) is 10.6 Å². The van der Waals surface area contributed by atoms with E-state index in [0.29, 0.717) is 10.8 Å². The molecular formula is C17H16ClN3. The molecule has 0 fully saturated rings. The van der Waals surface area contributed by atoms with Crippen LogP contribution in [0.3, 0.4) is 0 Å². The molecule has 1 heterocycles. The Morgan fingerprint density at radius 3 is 2.48 bits per heavy atom. The van der Waals surface area contributed by atoms with Crippen LogP contribution in [0.4, 0.5) is 5.82 Å². The maximum Gasteiger partial charge on any atom is 0.129 e. The Bertz CT molecular complexity index is 791. The zero-order chi connectivity index (χ0) is 15.0. The van der Waals surface area contributed by atoms with Crippen LogP contribution in [0.2, 0.25) is 5.02 Å². The molecule has 0 aliphatic heterocycles. The topological polar surface area (TPSA) is 43.8 Å². The number of aromatic nitrogens is 2. The third-order valence-electron chi connectivity index (χ3n) is 3.60. The molecule has 0 bridgehead atoms. The van der Waals surface area contributed by atoms with Gasteiger partial charge in [0, 0.05) is 12.6 Å². The van der Waals surface area contributed by atoms with E-state index < -0.39 is 0 Å². The lowest BCUT2D eigenvalue weighted by Gasteiger charge is -2.07. The minimum atomic E-state index is 0.633. The normalized spacial score (nSPS) is 10.8. The summed E-state index contributed by atoms with van der Waals surface area (Å²) in [6.07, 6.45) is 0. The minimum Gasteiger partial charge on any atom is -0.383 e.